The number of rotatable bonds is 4. The number of hydrogen-bond acceptors (Lipinski definition) is 4. The van der Waals surface area contributed by atoms with Gasteiger partial charge in [0.15, 0.2) is 27.2 Å². The Balaban J connectivity index is 1.70. The average Bonchev–Trinajstić information content (AvgIpc) is 3.09. The van der Waals surface area contributed by atoms with Crippen LogP contribution in [0.25, 0.3) is 0 Å². The molecular formula is C16H11BrF2N2O2S. The minimum absolute atomic E-state index is 0.208. The van der Waals surface area contributed by atoms with E-state index in [1.807, 2.05) is 0 Å². The highest BCUT2D eigenvalue weighted by atomic mass is 79.9. The number of nitrogens with one attached hydrogen (secondary N) is 1. The van der Waals surface area contributed by atoms with Crippen LogP contribution in [0.1, 0.15) is 26.6 Å². The number of amides is 1. The maximum absolute atomic E-state index is 13.2. The lowest BCUT2D eigenvalue weighted by atomic mass is 10.1. The molecule has 0 radical (unpaired) electrons. The Labute approximate surface area is 148 Å². The number of carbonyl (C=O) groups is 1. The highest BCUT2D eigenvalue weighted by Crippen LogP contribution is 2.24. The van der Waals surface area contributed by atoms with Crippen molar-refractivity contribution in [2.75, 3.05) is 5.32 Å². The fourth-order valence-electron chi connectivity index (χ4n) is 2.12. The quantitative estimate of drug-likeness (QED) is 0.660. The second kappa shape index (κ2) is 6.82. The van der Waals surface area contributed by atoms with Gasteiger partial charge in [-0.2, -0.15) is 0 Å². The van der Waals surface area contributed by atoms with Gasteiger partial charge in [-0.05, 0) is 46.6 Å². The van der Waals surface area contributed by atoms with Crippen LogP contribution in [0.5, 0.6) is 0 Å². The zero-order chi connectivity index (χ0) is 17.3. The Hall–Kier alpha value is -2.06. The molecule has 2 heterocycles. The van der Waals surface area contributed by atoms with Gasteiger partial charge >= 0.3 is 0 Å². The summed E-state index contributed by atoms with van der Waals surface area (Å²) >= 11 is 4.43. The van der Waals surface area contributed by atoms with Crippen molar-refractivity contribution in [3.63, 3.8) is 0 Å². The molecule has 4 nitrogen and oxygen atoms in total. The number of aromatic nitrogens is 1. The summed E-state index contributed by atoms with van der Waals surface area (Å²) in [7, 11) is 0. The van der Waals surface area contributed by atoms with E-state index in [2.05, 4.69) is 26.2 Å². The smallest absolute Gasteiger partial charge is 0.293 e. The topological polar surface area (TPSA) is 55.1 Å². The molecule has 0 aliphatic heterocycles. The summed E-state index contributed by atoms with van der Waals surface area (Å²) < 4.78 is 31.9. The van der Waals surface area contributed by atoms with E-state index in [0.29, 0.717) is 27.3 Å². The van der Waals surface area contributed by atoms with E-state index in [0.717, 1.165) is 17.0 Å². The number of benzene rings is 1. The van der Waals surface area contributed by atoms with Crippen LogP contribution in [0.3, 0.4) is 0 Å². The Morgan fingerprint density at radius 1 is 1.33 bits per heavy atom. The Morgan fingerprint density at radius 3 is 2.79 bits per heavy atom. The van der Waals surface area contributed by atoms with Crippen LogP contribution in [-0.2, 0) is 6.42 Å². The molecule has 1 amide bonds. The third-order valence-corrected chi connectivity index (χ3v) is 4.53. The molecule has 0 saturated heterocycles. The Kier molecular flexibility index (Phi) is 4.77. The summed E-state index contributed by atoms with van der Waals surface area (Å²) in [5, 5.41) is 3.07. The van der Waals surface area contributed by atoms with Crippen molar-refractivity contribution in [1.29, 1.82) is 0 Å². The van der Waals surface area contributed by atoms with Crippen molar-refractivity contribution < 1.29 is 18.0 Å². The molecule has 0 unspecified atom stereocenters. The van der Waals surface area contributed by atoms with Gasteiger partial charge in [0.2, 0.25) is 0 Å². The van der Waals surface area contributed by atoms with Crippen molar-refractivity contribution in [3.05, 3.63) is 68.5 Å². The lowest BCUT2D eigenvalue weighted by Gasteiger charge is -2.00. The third-order valence-electron chi connectivity index (χ3n) is 3.23. The van der Waals surface area contributed by atoms with Crippen LogP contribution in [-0.4, -0.2) is 10.9 Å². The number of thiazole rings is 1. The molecule has 0 atom stereocenters. The van der Waals surface area contributed by atoms with E-state index in [9.17, 15) is 13.6 Å². The van der Waals surface area contributed by atoms with E-state index in [1.165, 1.54) is 17.4 Å². The molecule has 0 aliphatic carbocycles. The largest absolute Gasteiger partial charge is 0.444 e. The lowest BCUT2D eigenvalue weighted by molar-refractivity contribution is 0.0994. The van der Waals surface area contributed by atoms with Crippen LogP contribution >= 0.6 is 27.3 Å². The number of aryl methyl sites for hydroxylation is 1. The summed E-state index contributed by atoms with van der Waals surface area (Å²) in [6.45, 7) is 1.76. The van der Waals surface area contributed by atoms with Gasteiger partial charge in [-0.3, -0.25) is 10.1 Å². The SMILES string of the molecule is Cc1cc(Br)oc1C(=O)Nc1ncc(Cc2ccc(F)c(F)c2)s1. The van der Waals surface area contributed by atoms with Gasteiger partial charge in [-0.1, -0.05) is 6.07 Å². The highest BCUT2D eigenvalue weighted by Gasteiger charge is 2.16. The minimum atomic E-state index is -0.885. The summed E-state index contributed by atoms with van der Waals surface area (Å²) in [5.74, 6) is -1.95. The first-order valence-corrected chi connectivity index (χ1v) is 8.49. The first kappa shape index (κ1) is 16.8. The van der Waals surface area contributed by atoms with Crippen LogP contribution in [0.4, 0.5) is 13.9 Å². The summed E-state index contributed by atoms with van der Waals surface area (Å²) in [4.78, 5) is 17.1. The normalized spacial score (nSPS) is 10.8. The second-order valence-electron chi connectivity index (χ2n) is 5.07. The van der Waals surface area contributed by atoms with Gasteiger partial charge in [0.25, 0.3) is 5.91 Å². The van der Waals surface area contributed by atoms with E-state index in [-0.39, 0.29) is 5.76 Å². The molecule has 1 N–H and O–H groups in total. The van der Waals surface area contributed by atoms with E-state index in [1.54, 1.807) is 19.2 Å². The fourth-order valence-corrected chi connectivity index (χ4v) is 3.47. The van der Waals surface area contributed by atoms with Crippen molar-refractivity contribution in [3.8, 4) is 0 Å². The van der Waals surface area contributed by atoms with Gasteiger partial charge in [-0.15, -0.1) is 11.3 Å². The maximum Gasteiger partial charge on any atom is 0.293 e. The molecule has 0 fully saturated rings. The van der Waals surface area contributed by atoms with Crippen molar-refractivity contribution in [1.82, 2.24) is 4.98 Å². The zero-order valence-electron chi connectivity index (χ0n) is 12.4. The molecule has 8 heteroatoms. The number of anilines is 1. The van der Waals surface area contributed by atoms with Crippen molar-refractivity contribution in [2.45, 2.75) is 13.3 Å². The number of carbonyl (C=O) groups excluding carboxylic acids is 1. The summed E-state index contributed by atoms with van der Waals surface area (Å²) in [6.07, 6.45) is 1.99. The minimum Gasteiger partial charge on any atom is -0.444 e. The van der Waals surface area contributed by atoms with Gasteiger partial charge < -0.3 is 4.42 Å². The first-order valence-electron chi connectivity index (χ1n) is 6.88. The molecule has 1 aromatic carbocycles. The number of nitrogens with zero attached hydrogens (tertiary/aromatic N) is 1. The fraction of sp³-hybridized carbons (Fsp3) is 0.125. The number of furan rings is 1. The lowest BCUT2D eigenvalue weighted by Crippen LogP contribution is -2.11. The molecule has 2 aromatic heterocycles. The van der Waals surface area contributed by atoms with Crippen molar-refractivity contribution in [2.24, 2.45) is 0 Å². The van der Waals surface area contributed by atoms with E-state index >= 15 is 0 Å². The van der Waals surface area contributed by atoms with E-state index < -0.39 is 17.5 Å². The third kappa shape index (κ3) is 3.70. The standard InChI is InChI=1S/C16H11BrF2N2O2S/c1-8-4-13(17)23-14(8)15(22)21-16-20-7-10(24-16)5-9-2-3-11(18)12(19)6-9/h2-4,6-7H,5H2,1H3,(H,20,21,22). The average molecular weight is 413 g/mol. The molecule has 0 bridgehead atoms. The molecule has 0 spiro atoms. The van der Waals surface area contributed by atoms with Gasteiger partial charge in [0, 0.05) is 23.1 Å². The molecule has 3 rings (SSSR count). The molecule has 0 aliphatic rings. The predicted molar refractivity (Wildman–Crippen MR) is 90.4 cm³/mol. The van der Waals surface area contributed by atoms with Crippen LogP contribution in [0, 0.1) is 18.6 Å². The molecule has 0 saturated carbocycles. The van der Waals surface area contributed by atoms with E-state index in [4.69, 9.17) is 4.42 Å². The van der Waals surface area contributed by atoms with Crippen molar-refractivity contribution >= 4 is 38.3 Å². The summed E-state index contributed by atoms with van der Waals surface area (Å²) in [5.41, 5.74) is 1.33. The van der Waals surface area contributed by atoms with Gasteiger partial charge in [0.1, 0.15) is 0 Å². The first-order chi connectivity index (χ1) is 11.4. The van der Waals surface area contributed by atoms with Crippen LogP contribution < -0.4 is 5.32 Å². The van der Waals surface area contributed by atoms with Crippen LogP contribution in [0.15, 0.2) is 39.5 Å². The number of hydrogen-bond donors (Lipinski definition) is 1. The molecule has 124 valence electrons. The van der Waals surface area contributed by atoms with Gasteiger partial charge in [-0.25, -0.2) is 13.8 Å². The number of halogens is 3. The predicted octanol–water partition coefficient (Wildman–Crippen LogP) is 4.93. The Bertz CT molecular complexity index is 907. The molecular weight excluding hydrogens is 402 g/mol. The zero-order valence-corrected chi connectivity index (χ0v) is 14.8. The summed E-state index contributed by atoms with van der Waals surface area (Å²) in [6, 6.07) is 5.45. The second-order valence-corrected chi connectivity index (χ2v) is 6.97. The Morgan fingerprint density at radius 2 is 2.12 bits per heavy atom. The van der Waals surface area contributed by atoms with Crippen LogP contribution in [0.2, 0.25) is 0 Å². The highest BCUT2D eigenvalue weighted by molar-refractivity contribution is 9.10. The van der Waals surface area contributed by atoms with Gasteiger partial charge in [0.05, 0.1) is 0 Å². The maximum atomic E-state index is 13.2. The molecule has 3 aromatic rings. The molecule has 24 heavy (non-hydrogen) atoms. The monoisotopic (exact) mass is 412 g/mol.